The first kappa shape index (κ1) is 14.3. The summed E-state index contributed by atoms with van der Waals surface area (Å²) in [5, 5.41) is 0. The van der Waals surface area contributed by atoms with Gasteiger partial charge < -0.3 is 21.1 Å². The summed E-state index contributed by atoms with van der Waals surface area (Å²) < 4.78 is 5.08. The summed E-state index contributed by atoms with van der Waals surface area (Å²) in [7, 11) is 1.67. The number of rotatable bonds is 7. The molecule has 0 aliphatic heterocycles. The Labute approximate surface area is 108 Å². The second-order valence-electron chi connectivity index (χ2n) is 4.12. The fourth-order valence-electron chi connectivity index (χ4n) is 1.80. The predicted octanol–water partition coefficient (Wildman–Crippen LogP) is 1.23. The van der Waals surface area contributed by atoms with Gasteiger partial charge in [-0.2, -0.15) is 0 Å². The van der Waals surface area contributed by atoms with Gasteiger partial charge in [-0.3, -0.25) is 4.79 Å². The van der Waals surface area contributed by atoms with Gasteiger partial charge in [-0.1, -0.05) is 6.92 Å². The average molecular weight is 251 g/mol. The van der Waals surface area contributed by atoms with Crippen molar-refractivity contribution in [2.24, 2.45) is 5.73 Å². The molecule has 100 valence electrons. The highest BCUT2D eigenvalue weighted by Crippen LogP contribution is 2.21. The molecule has 0 heterocycles. The van der Waals surface area contributed by atoms with Gasteiger partial charge in [0.15, 0.2) is 0 Å². The van der Waals surface area contributed by atoms with Crippen molar-refractivity contribution in [1.82, 2.24) is 0 Å². The number of carbonyl (C=O) groups excluding carboxylic acids is 1. The Kier molecular flexibility index (Phi) is 5.45. The molecule has 0 fully saturated rings. The van der Waals surface area contributed by atoms with Crippen LogP contribution in [0.3, 0.4) is 0 Å². The summed E-state index contributed by atoms with van der Waals surface area (Å²) in [6.45, 7) is 4.40. The lowest BCUT2D eigenvalue weighted by atomic mass is 10.1. The summed E-state index contributed by atoms with van der Waals surface area (Å²) in [5.74, 6) is -0.502. The van der Waals surface area contributed by atoms with Crippen molar-refractivity contribution in [2.45, 2.75) is 13.3 Å². The number of amides is 1. The number of primary amides is 1. The summed E-state index contributed by atoms with van der Waals surface area (Å²) in [5.41, 5.74) is 12.7. The molecule has 5 heteroatoms. The van der Waals surface area contributed by atoms with Crippen molar-refractivity contribution in [3.63, 3.8) is 0 Å². The van der Waals surface area contributed by atoms with Crippen molar-refractivity contribution >= 4 is 17.3 Å². The molecule has 0 spiro atoms. The van der Waals surface area contributed by atoms with Crippen LogP contribution < -0.4 is 16.4 Å². The van der Waals surface area contributed by atoms with Crippen LogP contribution >= 0.6 is 0 Å². The van der Waals surface area contributed by atoms with Crippen LogP contribution in [0.25, 0.3) is 0 Å². The minimum atomic E-state index is -0.502. The highest BCUT2D eigenvalue weighted by molar-refractivity contribution is 5.99. The topological polar surface area (TPSA) is 81.6 Å². The van der Waals surface area contributed by atoms with Crippen molar-refractivity contribution in [3.8, 4) is 0 Å². The van der Waals surface area contributed by atoms with Crippen LogP contribution in [-0.4, -0.2) is 32.7 Å². The van der Waals surface area contributed by atoms with E-state index in [4.69, 9.17) is 16.2 Å². The summed E-state index contributed by atoms with van der Waals surface area (Å²) in [6.07, 6.45) is 1.01. The van der Waals surface area contributed by atoms with Crippen molar-refractivity contribution in [1.29, 1.82) is 0 Å². The number of nitrogens with zero attached hydrogens (tertiary/aromatic N) is 1. The second-order valence-corrected chi connectivity index (χ2v) is 4.12. The van der Waals surface area contributed by atoms with Gasteiger partial charge in [0.25, 0.3) is 5.91 Å². The lowest BCUT2D eigenvalue weighted by Crippen LogP contribution is -2.28. The molecular weight excluding hydrogens is 230 g/mol. The quantitative estimate of drug-likeness (QED) is 0.714. The zero-order chi connectivity index (χ0) is 13.5. The third kappa shape index (κ3) is 3.63. The Morgan fingerprint density at radius 3 is 2.67 bits per heavy atom. The molecule has 18 heavy (non-hydrogen) atoms. The molecule has 0 aromatic heterocycles. The van der Waals surface area contributed by atoms with E-state index in [0.717, 1.165) is 25.2 Å². The van der Waals surface area contributed by atoms with E-state index in [2.05, 4.69) is 11.8 Å². The molecule has 0 saturated carbocycles. The molecule has 0 saturated heterocycles. The van der Waals surface area contributed by atoms with Gasteiger partial charge >= 0.3 is 0 Å². The fraction of sp³-hybridized carbons (Fsp3) is 0.462. The Morgan fingerprint density at radius 1 is 1.39 bits per heavy atom. The maximum Gasteiger partial charge on any atom is 0.250 e. The molecule has 0 unspecified atom stereocenters. The lowest BCUT2D eigenvalue weighted by molar-refractivity contribution is 0.100. The minimum absolute atomic E-state index is 0.367. The number of methoxy groups -OCH3 is 1. The van der Waals surface area contributed by atoms with Crippen LogP contribution in [0.4, 0.5) is 11.4 Å². The van der Waals surface area contributed by atoms with Crippen LogP contribution in [0, 0.1) is 0 Å². The van der Waals surface area contributed by atoms with Crippen molar-refractivity contribution < 1.29 is 9.53 Å². The molecule has 1 rings (SSSR count). The number of ether oxygens (including phenoxy) is 1. The summed E-state index contributed by atoms with van der Waals surface area (Å²) >= 11 is 0. The summed E-state index contributed by atoms with van der Waals surface area (Å²) in [6, 6.07) is 5.35. The Morgan fingerprint density at radius 2 is 2.11 bits per heavy atom. The van der Waals surface area contributed by atoms with Crippen LogP contribution in [-0.2, 0) is 4.74 Å². The van der Waals surface area contributed by atoms with Crippen LogP contribution in [0.1, 0.15) is 23.7 Å². The van der Waals surface area contributed by atoms with Crippen molar-refractivity contribution in [2.75, 3.05) is 37.4 Å². The number of nitrogens with two attached hydrogens (primary N) is 2. The van der Waals surface area contributed by atoms with E-state index < -0.39 is 5.91 Å². The lowest BCUT2D eigenvalue weighted by Gasteiger charge is -2.24. The SMILES string of the molecule is CCCN(CCOC)c1ccc(N)c(C(N)=O)c1. The predicted molar refractivity (Wildman–Crippen MR) is 73.8 cm³/mol. The number of benzene rings is 1. The van der Waals surface area contributed by atoms with E-state index in [0.29, 0.717) is 17.9 Å². The zero-order valence-electron chi connectivity index (χ0n) is 11.0. The van der Waals surface area contributed by atoms with Gasteiger partial charge in [-0.25, -0.2) is 0 Å². The fourth-order valence-corrected chi connectivity index (χ4v) is 1.80. The Bertz CT molecular complexity index is 407. The van der Waals surface area contributed by atoms with E-state index in [-0.39, 0.29) is 0 Å². The van der Waals surface area contributed by atoms with E-state index in [9.17, 15) is 4.79 Å². The van der Waals surface area contributed by atoms with Crippen LogP contribution in [0.15, 0.2) is 18.2 Å². The zero-order valence-corrected chi connectivity index (χ0v) is 11.0. The number of anilines is 2. The Hall–Kier alpha value is -1.75. The number of nitrogen functional groups attached to an aromatic ring is 1. The smallest absolute Gasteiger partial charge is 0.250 e. The third-order valence-electron chi connectivity index (χ3n) is 2.73. The van der Waals surface area contributed by atoms with Gasteiger partial charge in [0.05, 0.1) is 12.2 Å². The van der Waals surface area contributed by atoms with Crippen LogP contribution in [0.5, 0.6) is 0 Å². The molecule has 0 radical (unpaired) electrons. The normalized spacial score (nSPS) is 10.3. The maximum absolute atomic E-state index is 11.3. The molecule has 1 amide bonds. The van der Waals surface area contributed by atoms with E-state index in [1.54, 1.807) is 19.2 Å². The molecular formula is C13H21N3O2. The highest BCUT2D eigenvalue weighted by atomic mass is 16.5. The van der Waals surface area contributed by atoms with Gasteiger partial charge in [0, 0.05) is 31.6 Å². The largest absolute Gasteiger partial charge is 0.398 e. The number of hydrogen-bond acceptors (Lipinski definition) is 4. The average Bonchev–Trinajstić information content (AvgIpc) is 2.35. The monoisotopic (exact) mass is 251 g/mol. The standard InChI is InChI=1S/C13H21N3O2/c1-3-6-16(7-8-18-2)10-4-5-12(14)11(9-10)13(15)17/h4-5,9H,3,6-8,14H2,1-2H3,(H2,15,17). The molecule has 1 aromatic carbocycles. The van der Waals surface area contributed by atoms with Crippen molar-refractivity contribution in [3.05, 3.63) is 23.8 Å². The number of hydrogen-bond donors (Lipinski definition) is 2. The molecule has 0 aliphatic carbocycles. The molecule has 0 aliphatic rings. The first-order valence-corrected chi connectivity index (χ1v) is 6.03. The highest BCUT2D eigenvalue weighted by Gasteiger charge is 2.11. The summed E-state index contributed by atoms with van der Waals surface area (Å²) in [4.78, 5) is 13.4. The van der Waals surface area contributed by atoms with Crippen LogP contribution in [0.2, 0.25) is 0 Å². The molecule has 4 N–H and O–H groups in total. The first-order chi connectivity index (χ1) is 8.60. The molecule has 0 bridgehead atoms. The molecule has 1 aromatic rings. The van der Waals surface area contributed by atoms with E-state index >= 15 is 0 Å². The number of carbonyl (C=O) groups is 1. The third-order valence-corrected chi connectivity index (χ3v) is 2.73. The van der Waals surface area contributed by atoms with E-state index in [1.807, 2.05) is 6.07 Å². The van der Waals surface area contributed by atoms with E-state index in [1.165, 1.54) is 0 Å². The minimum Gasteiger partial charge on any atom is -0.398 e. The van der Waals surface area contributed by atoms with Gasteiger partial charge in [-0.05, 0) is 24.6 Å². The van der Waals surface area contributed by atoms with Gasteiger partial charge in [0.1, 0.15) is 0 Å². The second kappa shape index (κ2) is 6.86. The van der Waals surface area contributed by atoms with Gasteiger partial charge in [0.2, 0.25) is 0 Å². The molecule has 0 atom stereocenters. The molecule has 5 nitrogen and oxygen atoms in total. The first-order valence-electron chi connectivity index (χ1n) is 6.03. The Balaban J connectivity index is 2.97. The maximum atomic E-state index is 11.3. The van der Waals surface area contributed by atoms with Gasteiger partial charge in [-0.15, -0.1) is 0 Å².